The third-order valence-corrected chi connectivity index (χ3v) is 2.71. The van der Waals surface area contributed by atoms with Crippen LogP contribution < -0.4 is 0 Å². The van der Waals surface area contributed by atoms with Gasteiger partial charge in [0.1, 0.15) is 16.5 Å². The summed E-state index contributed by atoms with van der Waals surface area (Å²) in [6.07, 6.45) is 0. The molecule has 0 bridgehead atoms. The maximum absolute atomic E-state index is 13.3. The normalized spacial score (nSPS) is 10.4. The van der Waals surface area contributed by atoms with Crippen molar-refractivity contribution in [3.8, 4) is 11.3 Å². The van der Waals surface area contributed by atoms with E-state index in [0.717, 1.165) is 23.7 Å². The first-order chi connectivity index (χ1) is 7.58. The Hall–Kier alpha value is -1.82. The fourth-order valence-corrected chi connectivity index (χ4v) is 1.79. The van der Waals surface area contributed by atoms with Crippen molar-refractivity contribution < 1.29 is 18.7 Å². The highest BCUT2D eigenvalue weighted by atomic mass is 32.1. The zero-order chi connectivity index (χ0) is 11.7. The standard InChI is InChI=1S/C10H5F2NO2S/c11-5-1-2-6(7(12)3-5)8-4-9(10(14)15)16-13-8/h1-4H,(H,14,15). The highest BCUT2D eigenvalue weighted by Crippen LogP contribution is 2.25. The first-order valence-electron chi connectivity index (χ1n) is 4.23. The summed E-state index contributed by atoms with van der Waals surface area (Å²) >= 11 is 0.755. The van der Waals surface area contributed by atoms with E-state index in [2.05, 4.69) is 4.37 Å². The van der Waals surface area contributed by atoms with Gasteiger partial charge in [-0.15, -0.1) is 0 Å². The van der Waals surface area contributed by atoms with Gasteiger partial charge in [0, 0.05) is 11.6 Å². The maximum atomic E-state index is 13.3. The van der Waals surface area contributed by atoms with Gasteiger partial charge >= 0.3 is 5.97 Å². The minimum Gasteiger partial charge on any atom is -0.477 e. The molecule has 2 rings (SSSR count). The lowest BCUT2D eigenvalue weighted by Crippen LogP contribution is -1.90. The van der Waals surface area contributed by atoms with Gasteiger partial charge in [-0.2, -0.15) is 4.37 Å². The Kier molecular flexibility index (Phi) is 2.66. The van der Waals surface area contributed by atoms with Gasteiger partial charge < -0.3 is 5.11 Å². The highest BCUT2D eigenvalue weighted by Gasteiger charge is 2.13. The molecule has 0 saturated heterocycles. The predicted molar refractivity (Wildman–Crippen MR) is 54.4 cm³/mol. The molecule has 2 aromatic rings. The van der Waals surface area contributed by atoms with Gasteiger partial charge in [-0.1, -0.05) is 0 Å². The summed E-state index contributed by atoms with van der Waals surface area (Å²) in [5, 5.41) is 8.68. The van der Waals surface area contributed by atoms with Crippen LogP contribution in [0.25, 0.3) is 11.3 Å². The highest BCUT2D eigenvalue weighted by molar-refractivity contribution is 7.08. The minimum atomic E-state index is -1.12. The molecule has 0 saturated carbocycles. The lowest BCUT2D eigenvalue weighted by molar-refractivity contribution is 0.0702. The SMILES string of the molecule is O=C(O)c1cc(-c2ccc(F)cc2F)ns1. The number of aromatic nitrogens is 1. The third-order valence-electron chi connectivity index (χ3n) is 1.93. The Morgan fingerprint density at radius 2 is 2.06 bits per heavy atom. The number of rotatable bonds is 2. The fourth-order valence-electron chi connectivity index (χ4n) is 1.20. The summed E-state index contributed by atoms with van der Waals surface area (Å²) in [4.78, 5) is 10.6. The number of benzene rings is 1. The van der Waals surface area contributed by atoms with Crippen molar-refractivity contribution in [1.82, 2.24) is 4.37 Å². The summed E-state index contributed by atoms with van der Waals surface area (Å²) < 4.78 is 29.8. The molecule has 82 valence electrons. The summed E-state index contributed by atoms with van der Waals surface area (Å²) in [7, 11) is 0. The molecule has 1 aromatic heterocycles. The van der Waals surface area contributed by atoms with E-state index in [4.69, 9.17) is 5.11 Å². The molecule has 0 amide bonds. The van der Waals surface area contributed by atoms with E-state index in [-0.39, 0.29) is 16.1 Å². The van der Waals surface area contributed by atoms with Gasteiger partial charge in [0.2, 0.25) is 0 Å². The van der Waals surface area contributed by atoms with E-state index in [1.54, 1.807) is 0 Å². The predicted octanol–water partition coefficient (Wildman–Crippen LogP) is 2.79. The summed E-state index contributed by atoms with van der Waals surface area (Å²) in [6.45, 7) is 0. The Bertz CT molecular complexity index is 554. The van der Waals surface area contributed by atoms with E-state index in [1.807, 2.05) is 0 Å². The van der Waals surface area contributed by atoms with Gasteiger partial charge in [-0.25, -0.2) is 13.6 Å². The summed E-state index contributed by atoms with van der Waals surface area (Å²) in [5.41, 5.74) is 0.282. The van der Waals surface area contributed by atoms with Crippen molar-refractivity contribution in [3.05, 3.63) is 40.8 Å². The number of carbonyl (C=O) groups is 1. The molecule has 0 aliphatic heterocycles. The topological polar surface area (TPSA) is 50.2 Å². The van der Waals surface area contributed by atoms with Crippen LogP contribution in [0.1, 0.15) is 9.67 Å². The molecule has 0 aliphatic carbocycles. The lowest BCUT2D eigenvalue weighted by atomic mass is 10.1. The smallest absolute Gasteiger partial charge is 0.347 e. The first-order valence-corrected chi connectivity index (χ1v) is 5.00. The zero-order valence-corrected chi connectivity index (χ0v) is 8.59. The number of aromatic carboxylic acids is 1. The molecule has 0 unspecified atom stereocenters. The molecule has 0 spiro atoms. The second-order valence-electron chi connectivity index (χ2n) is 3.01. The average molecular weight is 241 g/mol. The Labute approximate surface area is 93.1 Å². The van der Waals surface area contributed by atoms with Crippen LogP contribution in [0, 0.1) is 11.6 Å². The molecule has 1 heterocycles. The van der Waals surface area contributed by atoms with E-state index in [9.17, 15) is 13.6 Å². The molecule has 0 atom stereocenters. The molecule has 0 fully saturated rings. The number of halogens is 2. The second kappa shape index (κ2) is 3.97. The van der Waals surface area contributed by atoms with E-state index in [1.165, 1.54) is 12.1 Å². The number of hydrogen-bond donors (Lipinski definition) is 1. The zero-order valence-electron chi connectivity index (χ0n) is 7.78. The molecule has 0 radical (unpaired) electrons. The quantitative estimate of drug-likeness (QED) is 0.879. The van der Waals surface area contributed by atoms with Crippen LogP contribution >= 0.6 is 11.5 Å². The third kappa shape index (κ3) is 1.92. The van der Waals surface area contributed by atoms with E-state index in [0.29, 0.717) is 0 Å². The molecular weight excluding hydrogens is 236 g/mol. The van der Waals surface area contributed by atoms with Crippen LogP contribution in [-0.2, 0) is 0 Å². The molecule has 0 aliphatic rings. The Morgan fingerprint density at radius 1 is 1.31 bits per heavy atom. The summed E-state index contributed by atoms with van der Waals surface area (Å²) in [6, 6.07) is 4.31. The van der Waals surface area contributed by atoms with Gasteiger partial charge in [0.15, 0.2) is 0 Å². The van der Waals surface area contributed by atoms with Crippen molar-refractivity contribution in [2.75, 3.05) is 0 Å². The monoisotopic (exact) mass is 241 g/mol. The molecule has 16 heavy (non-hydrogen) atoms. The van der Waals surface area contributed by atoms with Crippen molar-refractivity contribution in [3.63, 3.8) is 0 Å². The fraction of sp³-hybridized carbons (Fsp3) is 0. The van der Waals surface area contributed by atoms with Gasteiger partial charge in [0.25, 0.3) is 0 Å². The first kappa shape index (κ1) is 10.7. The van der Waals surface area contributed by atoms with E-state index < -0.39 is 17.6 Å². The number of nitrogens with zero attached hydrogens (tertiary/aromatic N) is 1. The van der Waals surface area contributed by atoms with Crippen LogP contribution in [0.4, 0.5) is 8.78 Å². The number of hydrogen-bond acceptors (Lipinski definition) is 3. The Morgan fingerprint density at radius 3 is 2.62 bits per heavy atom. The van der Waals surface area contributed by atoms with Crippen LogP contribution in [0.3, 0.4) is 0 Å². The van der Waals surface area contributed by atoms with E-state index >= 15 is 0 Å². The molecule has 3 nitrogen and oxygen atoms in total. The van der Waals surface area contributed by atoms with Gasteiger partial charge in [-0.3, -0.25) is 0 Å². The molecular formula is C10H5F2NO2S. The van der Waals surface area contributed by atoms with Crippen LogP contribution in [0.2, 0.25) is 0 Å². The maximum Gasteiger partial charge on any atom is 0.347 e. The van der Waals surface area contributed by atoms with Crippen molar-refractivity contribution >= 4 is 17.5 Å². The van der Waals surface area contributed by atoms with Crippen LogP contribution in [-0.4, -0.2) is 15.4 Å². The Balaban J connectivity index is 2.46. The average Bonchev–Trinajstić information content (AvgIpc) is 2.66. The summed E-state index contributed by atoms with van der Waals surface area (Å²) in [5.74, 6) is -2.57. The number of carboxylic acid groups (broad SMARTS) is 1. The van der Waals surface area contributed by atoms with Crippen LogP contribution in [0.15, 0.2) is 24.3 Å². The van der Waals surface area contributed by atoms with Crippen molar-refractivity contribution in [1.29, 1.82) is 0 Å². The van der Waals surface area contributed by atoms with Crippen molar-refractivity contribution in [2.24, 2.45) is 0 Å². The molecule has 1 aromatic carbocycles. The van der Waals surface area contributed by atoms with Crippen molar-refractivity contribution in [2.45, 2.75) is 0 Å². The van der Waals surface area contributed by atoms with Gasteiger partial charge in [0.05, 0.1) is 5.69 Å². The minimum absolute atomic E-state index is 0.0127. The number of carboxylic acids is 1. The largest absolute Gasteiger partial charge is 0.477 e. The lowest BCUT2D eigenvalue weighted by Gasteiger charge is -1.98. The van der Waals surface area contributed by atoms with Crippen LogP contribution in [0.5, 0.6) is 0 Å². The molecule has 6 heteroatoms. The second-order valence-corrected chi connectivity index (χ2v) is 3.81. The van der Waals surface area contributed by atoms with Gasteiger partial charge in [-0.05, 0) is 29.7 Å². The molecule has 1 N–H and O–H groups in total.